The number of hydrogen-bond acceptors (Lipinski definition) is 3. The summed E-state index contributed by atoms with van der Waals surface area (Å²) in [5.74, 6) is -4.51. The van der Waals surface area contributed by atoms with Crippen LogP contribution in [0, 0.1) is 6.92 Å². The van der Waals surface area contributed by atoms with E-state index in [2.05, 4.69) is 4.74 Å². The molecule has 0 bridgehead atoms. The largest absolute Gasteiger partial charge is 0.493 e. The molecule has 0 aliphatic heterocycles. The molecular formula is C13H16F2O4. The van der Waals surface area contributed by atoms with Crippen LogP contribution in [0.2, 0.25) is 0 Å². The maximum absolute atomic E-state index is 14.0. The van der Waals surface area contributed by atoms with Gasteiger partial charge in [-0.15, -0.1) is 0 Å². The highest BCUT2D eigenvalue weighted by atomic mass is 19.3. The van der Waals surface area contributed by atoms with Gasteiger partial charge in [-0.2, -0.15) is 8.78 Å². The molecule has 0 amide bonds. The van der Waals surface area contributed by atoms with Crippen molar-refractivity contribution in [3.63, 3.8) is 0 Å². The van der Waals surface area contributed by atoms with Crippen molar-refractivity contribution >= 4 is 5.97 Å². The summed E-state index contributed by atoms with van der Waals surface area (Å²) >= 11 is 0. The van der Waals surface area contributed by atoms with Gasteiger partial charge in [0, 0.05) is 0 Å². The zero-order chi connectivity index (χ0) is 14.5. The van der Waals surface area contributed by atoms with Gasteiger partial charge in [-0.3, -0.25) is 0 Å². The smallest absolute Gasteiger partial charge is 0.329 e. The third-order valence-electron chi connectivity index (χ3n) is 2.34. The molecule has 1 aromatic rings. The predicted octanol–water partition coefficient (Wildman–Crippen LogP) is 2.59. The first-order valence-electron chi connectivity index (χ1n) is 5.78. The maximum atomic E-state index is 14.0. The highest BCUT2D eigenvalue weighted by molar-refractivity contribution is 5.68. The molecule has 0 saturated carbocycles. The van der Waals surface area contributed by atoms with E-state index in [1.807, 2.05) is 0 Å². The van der Waals surface area contributed by atoms with Crippen LogP contribution in [0.3, 0.4) is 0 Å². The molecule has 4 nitrogen and oxygen atoms in total. The van der Waals surface area contributed by atoms with E-state index in [1.165, 1.54) is 12.1 Å². The first kappa shape index (κ1) is 15.4. The zero-order valence-electron chi connectivity index (χ0n) is 10.8. The minimum absolute atomic E-state index is 0.0806. The molecule has 0 fully saturated rings. The van der Waals surface area contributed by atoms with Crippen molar-refractivity contribution in [1.29, 1.82) is 0 Å². The number of benzene rings is 1. The van der Waals surface area contributed by atoms with E-state index < -0.39 is 25.1 Å². The van der Waals surface area contributed by atoms with E-state index in [-0.39, 0.29) is 17.9 Å². The molecule has 1 N–H and O–H groups in total. The van der Waals surface area contributed by atoms with Gasteiger partial charge in [-0.1, -0.05) is 11.6 Å². The molecule has 0 aliphatic rings. The number of halogens is 2. The van der Waals surface area contributed by atoms with Gasteiger partial charge >= 0.3 is 5.97 Å². The molecule has 0 unspecified atom stereocenters. The van der Waals surface area contributed by atoms with E-state index in [0.29, 0.717) is 5.56 Å². The van der Waals surface area contributed by atoms with Crippen molar-refractivity contribution in [2.24, 2.45) is 0 Å². The fourth-order valence-corrected chi connectivity index (χ4v) is 1.56. The summed E-state index contributed by atoms with van der Waals surface area (Å²) in [6, 6.07) is 4.46. The number of carboxylic acid groups (broad SMARTS) is 1. The van der Waals surface area contributed by atoms with Crippen LogP contribution in [0.25, 0.3) is 0 Å². The quantitative estimate of drug-likeness (QED) is 0.830. The van der Waals surface area contributed by atoms with E-state index in [0.717, 1.165) is 0 Å². The van der Waals surface area contributed by atoms with Crippen molar-refractivity contribution in [3.8, 4) is 5.75 Å². The molecule has 19 heavy (non-hydrogen) atoms. The van der Waals surface area contributed by atoms with Gasteiger partial charge in [0.15, 0.2) is 0 Å². The monoisotopic (exact) mass is 274 g/mol. The van der Waals surface area contributed by atoms with Crippen LogP contribution in [0.15, 0.2) is 18.2 Å². The summed E-state index contributed by atoms with van der Waals surface area (Å²) in [5, 5.41) is 8.37. The second kappa shape index (κ2) is 6.47. The van der Waals surface area contributed by atoms with Gasteiger partial charge in [-0.25, -0.2) is 4.79 Å². The average Bonchev–Trinajstić information content (AvgIpc) is 2.31. The zero-order valence-corrected chi connectivity index (χ0v) is 10.8. The highest BCUT2D eigenvalue weighted by Gasteiger charge is 2.35. The number of carbonyl (C=O) groups is 1. The summed E-state index contributed by atoms with van der Waals surface area (Å²) in [6.45, 7) is 1.90. The number of carboxylic acids is 1. The van der Waals surface area contributed by atoms with Crippen LogP contribution in [-0.4, -0.2) is 30.9 Å². The number of aliphatic carboxylic acids is 1. The molecule has 1 aromatic carbocycles. The molecule has 0 heterocycles. The SMILES string of the molecule is CCOc1ccc(C)cc1C(F)(F)COCC(=O)O. The molecule has 0 saturated heterocycles. The van der Waals surface area contributed by atoms with Gasteiger partial charge in [0.1, 0.15) is 19.0 Å². The lowest BCUT2D eigenvalue weighted by molar-refractivity contribution is -0.147. The van der Waals surface area contributed by atoms with Crippen LogP contribution in [0.4, 0.5) is 8.78 Å². The van der Waals surface area contributed by atoms with Gasteiger partial charge in [0.05, 0.1) is 12.2 Å². The van der Waals surface area contributed by atoms with Gasteiger partial charge in [0.2, 0.25) is 0 Å². The Morgan fingerprint density at radius 2 is 2.11 bits per heavy atom. The number of ether oxygens (including phenoxy) is 2. The van der Waals surface area contributed by atoms with Gasteiger partial charge in [-0.05, 0) is 26.0 Å². The van der Waals surface area contributed by atoms with Crippen LogP contribution in [0.5, 0.6) is 5.75 Å². The molecule has 0 aliphatic carbocycles. The standard InChI is InChI=1S/C13H16F2O4/c1-3-19-11-5-4-9(2)6-10(11)13(14,15)8-18-7-12(16)17/h4-6H,3,7-8H2,1-2H3,(H,16,17). The Balaban J connectivity index is 2.91. The Morgan fingerprint density at radius 3 is 2.68 bits per heavy atom. The summed E-state index contributed by atoms with van der Waals surface area (Å²) in [6.07, 6.45) is 0. The molecule has 0 spiro atoms. The van der Waals surface area contributed by atoms with E-state index >= 15 is 0 Å². The van der Waals surface area contributed by atoms with Crippen molar-refractivity contribution in [3.05, 3.63) is 29.3 Å². The maximum Gasteiger partial charge on any atom is 0.329 e. The third-order valence-corrected chi connectivity index (χ3v) is 2.34. The Labute approximate surface area is 109 Å². The summed E-state index contributed by atoms with van der Waals surface area (Å²) in [5.41, 5.74) is 0.371. The average molecular weight is 274 g/mol. The first-order valence-corrected chi connectivity index (χ1v) is 5.78. The van der Waals surface area contributed by atoms with Crippen LogP contribution in [-0.2, 0) is 15.5 Å². The van der Waals surface area contributed by atoms with E-state index in [9.17, 15) is 13.6 Å². The van der Waals surface area contributed by atoms with Gasteiger partial charge < -0.3 is 14.6 Å². The fraction of sp³-hybridized carbons (Fsp3) is 0.462. The molecule has 106 valence electrons. The van der Waals surface area contributed by atoms with Crippen molar-refractivity contribution in [2.45, 2.75) is 19.8 Å². The molecular weight excluding hydrogens is 258 g/mol. The number of alkyl halides is 2. The Morgan fingerprint density at radius 1 is 1.42 bits per heavy atom. The second-order valence-electron chi connectivity index (χ2n) is 4.02. The number of aryl methyl sites for hydroxylation is 1. The lowest BCUT2D eigenvalue weighted by atomic mass is 10.0. The summed E-state index contributed by atoms with van der Waals surface area (Å²) in [4.78, 5) is 10.3. The number of rotatable bonds is 7. The van der Waals surface area contributed by atoms with Gasteiger partial charge in [0.25, 0.3) is 5.92 Å². The number of hydrogen-bond donors (Lipinski definition) is 1. The van der Waals surface area contributed by atoms with E-state index in [4.69, 9.17) is 9.84 Å². The van der Waals surface area contributed by atoms with Crippen LogP contribution < -0.4 is 4.74 Å². The topological polar surface area (TPSA) is 55.8 Å². The van der Waals surface area contributed by atoms with Crippen LogP contribution >= 0.6 is 0 Å². The Kier molecular flexibility index (Phi) is 5.23. The fourth-order valence-electron chi connectivity index (χ4n) is 1.56. The van der Waals surface area contributed by atoms with Crippen molar-refractivity contribution < 1.29 is 28.2 Å². The Bertz CT molecular complexity index is 446. The molecule has 0 aromatic heterocycles. The van der Waals surface area contributed by atoms with E-state index in [1.54, 1.807) is 19.9 Å². The van der Waals surface area contributed by atoms with Crippen molar-refractivity contribution in [2.75, 3.05) is 19.8 Å². The lowest BCUT2D eigenvalue weighted by Gasteiger charge is -2.20. The minimum Gasteiger partial charge on any atom is -0.493 e. The highest BCUT2D eigenvalue weighted by Crippen LogP contribution is 2.36. The van der Waals surface area contributed by atoms with Crippen molar-refractivity contribution in [1.82, 2.24) is 0 Å². The molecule has 0 radical (unpaired) electrons. The van der Waals surface area contributed by atoms with Crippen LogP contribution in [0.1, 0.15) is 18.1 Å². The first-order chi connectivity index (χ1) is 8.86. The molecule has 6 heteroatoms. The summed E-state index contributed by atoms with van der Waals surface area (Å²) in [7, 11) is 0. The second-order valence-corrected chi connectivity index (χ2v) is 4.02. The normalized spacial score (nSPS) is 11.4. The molecule has 0 atom stereocenters. The lowest BCUT2D eigenvalue weighted by Crippen LogP contribution is -2.24. The minimum atomic E-state index is -3.30. The Hall–Kier alpha value is -1.69. The third kappa shape index (κ3) is 4.48. The molecule has 1 rings (SSSR count). The predicted molar refractivity (Wildman–Crippen MR) is 64.7 cm³/mol. The summed E-state index contributed by atoms with van der Waals surface area (Å²) < 4.78 is 37.6.